The summed E-state index contributed by atoms with van der Waals surface area (Å²) >= 11 is 1.56. The van der Waals surface area contributed by atoms with Gasteiger partial charge in [0.1, 0.15) is 11.9 Å². The van der Waals surface area contributed by atoms with E-state index in [0.29, 0.717) is 29.7 Å². The molecule has 9 heteroatoms. The molecular formula is C17H22N6O2S. The third-order valence-corrected chi connectivity index (χ3v) is 5.53. The van der Waals surface area contributed by atoms with Crippen molar-refractivity contribution in [3.05, 3.63) is 23.8 Å². The van der Waals surface area contributed by atoms with Gasteiger partial charge in [0.15, 0.2) is 5.16 Å². The van der Waals surface area contributed by atoms with Crippen molar-refractivity contribution >= 4 is 23.7 Å². The molecule has 1 aliphatic heterocycles. The smallest absolute Gasteiger partial charge is 0.341 e. The number of hydrogen-bond acceptors (Lipinski definition) is 8. The standard InChI is InChI=1S/C17H22N6O2S/c1-2-25-15(24)13-9-18-11-19-14(13)10-26-17-21-20-16(22-7-3-4-8-22)23(17)12-5-6-12/h9,11-12H,2-8,10H2,1H3. The van der Waals surface area contributed by atoms with Gasteiger partial charge in [0.25, 0.3) is 0 Å². The van der Waals surface area contributed by atoms with Crippen LogP contribution in [0.4, 0.5) is 5.95 Å². The molecular weight excluding hydrogens is 352 g/mol. The molecule has 1 saturated heterocycles. The van der Waals surface area contributed by atoms with Crippen LogP contribution in [-0.2, 0) is 10.5 Å². The van der Waals surface area contributed by atoms with Crippen LogP contribution < -0.4 is 4.90 Å². The van der Waals surface area contributed by atoms with Crippen molar-refractivity contribution in [3.8, 4) is 0 Å². The third kappa shape index (κ3) is 3.53. The van der Waals surface area contributed by atoms with Crippen LogP contribution in [-0.4, -0.2) is 50.4 Å². The molecule has 1 saturated carbocycles. The van der Waals surface area contributed by atoms with Gasteiger partial charge in [0.05, 0.1) is 12.3 Å². The first-order chi connectivity index (χ1) is 12.8. The summed E-state index contributed by atoms with van der Waals surface area (Å²) in [6, 6.07) is 0.498. The summed E-state index contributed by atoms with van der Waals surface area (Å²) in [5.74, 6) is 1.13. The number of carbonyl (C=O) groups is 1. The molecule has 2 aromatic rings. The maximum Gasteiger partial charge on any atom is 0.341 e. The molecule has 0 radical (unpaired) electrons. The summed E-state index contributed by atoms with van der Waals surface area (Å²) in [7, 11) is 0. The molecule has 2 aromatic heterocycles. The van der Waals surface area contributed by atoms with Gasteiger partial charge in [-0.05, 0) is 32.6 Å². The van der Waals surface area contributed by atoms with E-state index in [9.17, 15) is 4.79 Å². The van der Waals surface area contributed by atoms with Crippen molar-refractivity contribution in [1.29, 1.82) is 0 Å². The quantitative estimate of drug-likeness (QED) is 0.540. The van der Waals surface area contributed by atoms with E-state index in [2.05, 4.69) is 29.6 Å². The molecule has 8 nitrogen and oxygen atoms in total. The number of ether oxygens (including phenoxy) is 1. The van der Waals surface area contributed by atoms with Gasteiger partial charge >= 0.3 is 5.97 Å². The van der Waals surface area contributed by atoms with Gasteiger partial charge in [-0.15, -0.1) is 10.2 Å². The largest absolute Gasteiger partial charge is 0.462 e. The van der Waals surface area contributed by atoms with Crippen LogP contribution in [0.25, 0.3) is 0 Å². The number of anilines is 1. The highest BCUT2D eigenvalue weighted by Gasteiger charge is 2.32. The van der Waals surface area contributed by atoms with Crippen molar-refractivity contribution in [3.63, 3.8) is 0 Å². The van der Waals surface area contributed by atoms with Gasteiger partial charge in [-0.1, -0.05) is 11.8 Å². The van der Waals surface area contributed by atoms with Gasteiger partial charge in [-0.25, -0.2) is 14.8 Å². The molecule has 2 aliphatic rings. The molecule has 138 valence electrons. The number of rotatable bonds is 7. The van der Waals surface area contributed by atoms with E-state index >= 15 is 0 Å². The van der Waals surface area contributed by atoms with Crippen molar-refractivity contribution in [2.24, 2.45) is 0 Å². The Labute approximate surface area is 156 Å². The van der Waals surface area contributed by atoms with E-state index < -0.39 is 0 Å². The van der Waals surface area contributed by atoms with Crippen molar-refractivity contribution in [2.45, 2.75) is 49.6 Å². The fraction of sp³-hybridized carbons (Fsp3) is 0.588. The average Bonchev–Trinajstić information content (AvgIpc) is 3.18. The first-order valence-electron chi connectivity index (χ1n) is 9.06. The second kappa shape index (κ2) is 7.61. The number of aromatic nitrogens is 5. The van der Waals surface area contributed by atoms with Crippen LogP contribution in [0.2, 0.25) is 0 Å². The van der Waals surface area contributed by atoms with Crippen LogP contribution in [0.5, 0.6) is 0 Å². The van der Waals surface area contributed by atoms with Gasteiger partial charge in [0, 0.05) is 31.1 Å². The summed E-state index contributed by atoms with van der Waals surface area (Å²) in [5, 5.41) is 9.77. The highest BCUT2D eigenvalue weighted by atomic mass is 32.2. The molecule has 0 unspecified atom stereocenters. The third-order valence-electron chi connectivity index (χ3n) is 4.58. The van der Waals surface area contributed by atoms with Crippen LogP contribution in [0.15, 0.2) is 17.7 Å². The monoisotopic (exact) mass is 374 g/mol. The molecule has 26 heavy (non-hydrogen) atoms. The minimum atomic E-state index is -0.384. The predicted molar refractivity (Wildman–Crippen MR) is 97.3 cm³/mol. The Hall–Kier alpha value is -2.16. The summed E-state index contributed by atoms with van der Waals surface area (Å²) in [5.41, 5.74) is 1.08. The second-order valence-electron chi connectivity index (χ2n) is 6.47. The first-order valence-corrected chi connectivity index (χ1v) is 10.0. The van der Waals surface area contributed by atoms with Crippen LogP contribution >= 0.6 is 11.8 Å². The number of hydrogen-bond donors (Lipinski definition) is 0. The lowest BCUT2D eigenvalue weighted by atomic mass is 10.2. The normalized spacial score (nSPS) is 16.9. The van der Waals surface area contributed by atoms with Gasteiger partial charge in [-0.3, -0.25) is 4.57 Å². The Morgan fingerprint density at radius 2 is 2.12 bits per heavy atom. The minimum Gasteiger partial charge on any atom is -0.462 e. The Bertz CT molecular complexity index is 785. The van der Waals surface area contributed by atoms with E-state index in [1.54, 1.807) is 18.7 Å². The van der Waals surface area contributed by atoms with Gasteiger partial charge in [-0.2, -0.15) is 0 Å². The zero-order chi connectivity index (χ0) is 17.9. The Morgan fingerprint density at radius 3 is 2.85 bits per heavy atom. The van der Waals surface area contributed by atoms with Gasteiger partial charge in [0.2, 0.25) is 5.95 Å². The molecule has 0 N–H and O–H groups in total. The maximum absolute atomic E-state index is 12.1. The molecule has 0 bridgehead atoms. The highest BCUT2D eigenvalue weighted by Crippen LogP contribution is 2.41. The SMILES string of the molecule is CCOC(=O)c1cncnc1CSc1nnc(N2CCCC2)n1C1CC1. The Balaban J connectivity index is 1.53. The van der Waals surface area contributed by atoms with E-state index in [1.807, 2.05) is 0 Å². The average molecular weight is 374 g/mol. The van der Waals surface area contributed by atoms with E-state index in [-0.39, 0.29) is 5.97 Å². The molecule has 0 aromatic carbocycles. The van der Waals surface area contributed by atoms with Crippen molar-refractivity contribution < 1.29 is 9.53 Å². The van der Waals surface area contributed by atoms with E-state index in [4.69, 9.17) is 4.74 Å². The van der Waals surface area contributed by atoms with Crippen LogP contribution in [0, 0.1) is 0 Å². The summed E-state index contributed by atoms with van der Waals surface area (Å²) in [6.07, 6.45) is 7.75. The zero-order valence-corrected chi connectivity index (χ0v) is 15.6. The van der Waals surface area contributed by atoms with Crippen molar-refractivity contribution in [1.82, 2.24) is 24.7 Å². The lowest BCUT2D eigenvalue weighted by Gasteiger charge is -2.18. The molecule has 1 aliphatic carbocycles. The molecule has 3 heterocycles. The number of thioether (sulfide) groups is 1. The maximum atomic E-state index is 12.1. The number of esters is 1. The topological polar surface area (TPSA) is 86.0 Å². The molecule has 0 atom stereocenters. The summed E-state index contributed by atoms with van der Waals surface area (Å²) < 4.78 is 7.36. The van der Waals surface area contributed by atoms with Gasteiger partial charge < -0.3 is 9.64 Å². The first kappa shape index (κ1) is 17.3. The lowest BCUT2D eigenvalue weighted by molar-refractivity contribution is 0.0524. The molecule has 0 spiro atoms. The minimum absolute atomic E-state index is 0.329. The fourth-order valence-electron chi connectivity index (χ4n) is 3.14. The summed E-state index contributed by atoms with van der Waals surface area (Å²) in [6.45, 7) is 4.21. The Morgan fingerprint density at radius 1 is 1.31 bits per heavy atom. The van der Waals surface area contributed by atoms with E-state index in [0.717, 1.165) is 24.2 Å². The number of nitrogens with zero attached hydrogens (tertiary/aromatic N) is 6. The molecule has 4 rings (SSSR count). The lowest BCUT2D eigenvalue weighted by Crippen LogP contribution is -2.22. The fourth-order valence-corrected chi connectivity index (χ4v) is 4.10. The van der Waals surface area contributed by atoms with Crippen molar-refractivity contribution in [2.75, 3.05) is 24.6 Å². The van der Waals surface area contributed by atoms with Crippen LogP contribution in [0.1, 0.15) is 54.7 Å². The number of carbonyl (C=O) groups excluding carboxylic acids is 1. The zero-order valence-electron chi connectivity index (χ0n) is 14.8. The second-order valence-corrected chi connectivity index (χ2v) is 7.41. The predicted octanol–water partition coefficient (Wildman–Crippen LogP) is 2.47. The molecule has 2 fully saturated rings. The summed E-state index contributed by atoms with van der Waals surface area (Å²) in [4.78, 5) is 22.6. The van der Waals surface area contributed by atoms with Crippen LogP contribution in [0.3, 0.4) is 0 Å². The molecule has 0 amide bonds. The van der Waals surface area contributed by atoms with E-state index in [1.165, 1.54) is 38.2 Å². The Kier molecular flexibility index (Phi) is 5.05. The highest BCUT2D eigenvalue weighted by molar-refractivity contribution is 7.98.